The first-order valence-corrected chi connectivity index (χ1v) is 9.83. The van der Waals surface area contributed by atoms with Crippen molar-refractivity contribution in [3.63, 3.8) is 0 Å². The molecule has 29 heavy (non-hydrogen) atoms. The normalized spacial score (nSPS) is 14.5. The van der Waals surface area contributed by atoms with Gasteiger partial charge in [0.25, 0.3) is 5.91 Å². The van der Waals surface area contributed by atoms with Gasteiger partial charge in [0.2, 0.25) is 0 Å². The van der Waals surface area contributed by atoms with E-state index in [0.717, 1.165) is 29.4 Å². The Hall–Kier alpha value is -3.55. The van der Waals surface area contributed by atoms with Gasteiger partial charge in [-0.2, -0.15) is 10.2 Å². The topological polar surface area (TPSA) is 90.5 Å². The molecule has 8 nitrogen and oxygen atoms in total. The minimum Gasteiger partial charge on any atom is -0.305 e. The van der Waals surface area contributed by atoms with Crippen molar-refractivity contribution in [2.24, 2.45) is 0 Å². The van der Waals surface area contributed by atoms with E-state index >= 15 is 0 Å². The number of hydrogen-bond donors (Lipinski definition) is 1. The van der Waals surface area contributed by atoms with Gasteiger partial charge in [0.1, 0.15) is 0 Å². The summed E-state index contributed by atoms with van der Waals surface area (Å²) in [4.78, 5) is 21.2. The molecule has 4 aromatic heterocycles. The van der Waals surface area contributed by atoms with Gasteiger partial charge < -0.3 is 5.32 Å². The van der Waals surface area contributed by atoms with E-state index in [1.54, 1.807) is 35.5 Å². The molecule has 0 bridgehead atoms. The Bertz CT molecular complexity index is 1140. The van der Waals surface area contributed by atoms with Gasteiger partial charge >= 0.3 is 0 Å². The predicted octanol–water partition coefficient (Wildman–Crippen LogP) is 3.44. The standard InChI is InChI=1S/C21H21N7O/c29-21(25-19-7-10-27(26-19)14-15-5-8-22-9-6-15)17-11-16-13-24-28(20(16)23-12-17)18-3-1-2-4-18/h5-13,18H,1-4,14H2,(H,25,26,29). The van der Waals surface area contributed by atoms with Crippen molar-refractivity contribution < 1.29 is 4.79 Å². The van der Waals surface area contributed by atoms with E-state index in [1.165, 1.54) is 12.8 Å². The highest BCUT2D eigenvalue weighted by Gasteiger charge is 2.20. The van der Waals surface area contributed by atoms with Crippen molar-refractivity contribution in [2.45, 2.75) is 38.3 Å². The zero-order valence-corrected chi connectivity index (χ0v) is 15.9. The Labute approximate surface area is 167 Å². The Balaban J connectivity index is 1.30. The van der Waals surface area contributed by atoms with Crippen LogP contribution in [0, 0.1) is 0 Å². The second kappa shape index (κ2) is 7.46. The van der Waals surface area contributed by atoms with Crippen LogP contribution in [-0.4, -0.2) is 35.4 Å². The van der Waals surface area contributed by atoms with E-state index in [-0.39, 0.29) is 5.91 Å². The van der Waals surface area contributed by atoms with Gasteiger partial charge in [-0.05, 0) is 36.6 Å². The maximum atomic E-state index is 12.7. The van der Waals surface area contributed by atoms with E-state index < -0.39 is 0 Å². The molecular formula is C21H21N7O. The average molecular weight is 387 g/mol. The lowest BCUT2D eigenvalue weighted by atomic mass is 10.2. The van der Waals surface area contributed by atoms with Crippen molar-refractivity contribution in [2.75, 3.05) is 5.32 Å². The van der Waals surface area contributed by atoms with Gasteiger partial charge in [0.15, 0.2) is 11.5 Å². The Morgan fingerprint density at radius 1 is 1.14 bits per heavy atom. The number of aromatic nitrogens is 6. The Kier molecular flexibility index (Phi) is 4.51. The van der Waals surface area contributed by atoms with Gasteiger partial charge in [0, 0.05) is 36.2 Å². The highest BCUT2D eigenvalue weighted by Crippen LogP contribution is 2.31. The first-order chi connectivity index (χ1) is 14.3. The summed E-state index contributed by atoms with van der Waals surface area (Å²) in [5.74, 6) is 0.271. The summed E-state index contributed by atoms with van der Waals surface area (Å²) >= 11 is 0. The number of nitrogens with zero attached hydrogens (tertiary/aromatic N) is 6. The number of amides is 1. The van der Waals surface area contributed by atoms with Crippen LogP contribution >= 0.6 is 0 Å². The fraction of sp³-hybridized carbons (Fsp3) is 0.286. The second-order valence-electron chi connectivity index (χ2n) is 7.37. The van der Waals surface area contributed by atoms with Crippen LogP contribution in [0.2, 0.25) is 0 Å². The van der Waals surface area contributed by atoms with Crippen molar-refractivity contribution in [3.05, 3.63) is 66.4 Å². The van der Waals surface area contributed by atoms with E-state index in [4.69, 9.17) is 0 Å². The number of carbonyl (C=O) groups excluding carboxylic acids is 1. The SMILES string of the molecule is O=C(Nc1ccn(Cc2ccncc2)n1)c1cnc2c(cnn2C2CCCC2)c1. The van der Waals surface area contributed by atoms with Crippen LogP contribution in [0.5, 0.6) is 0 Å². The summed E-state index contributed by atoms with van der Waals surface area (Å²) in [6.07, 6.45) is 13.5. The molecule has 1 saturated carbocycles. The predicted molar refractivity (Wildman–Crippen MR) is 109 cm³/mol. The third-order valence-corrected chi connectivity index (χ3v) is 5.34. The molecule has 0 unspecified atom stereocenters. The fourth-order valence-electron chi connectivity index (χ4n) is 3.86. The summed E-state index contributed by atoms with van der Waals surface area (Å²) in [5.41, 5.74) is 2.43. The maximum absolute atomic E-state index is 12.7. The molecule has 0 atom stereocenters. The smallest absolute Gasteiger partial charge is 0.258 e. The van der Waals surface area contributed by atoms with Crippen LogP contribution < -0.4 is 5.32 Å². The summed E-state index contributed by atoms with van der Waals surface area (Å²) in [7, 11) is 0. The van der Waals surface area contributed by atoms with Gasteiger partial charge in [-0.25, -0.2) is 9.67 Å². The monoisotopic (exact) mass is 387 g/mol. The minimum atomic E-state index is -0.234. The third-order valence-electron chi connectivity index (χ3n) is 5.34. The van der Waals surface area contributed by atoms with E-state index in [1.807, 2.05) is 29.1 Å². The summed E-state index contributed by atoms with van der Waals surface area (Å²) < 4.78 is 3.78. The molecule has 1 N–H and O–H groups in total. The molecule has 0 spiro atoms. The average Bonchev–Trinajstić information content (AvgIpc) is 3.49. The van der Waals surface area contributed by atoms with Crippen molar-refractivity contribution in [3.8, 4) is 0 Å². The third kappa shape index (κ3) is 3.61. The zero-order chi connectivity index (χ0) is 19.6. The van der Waals surface area contributed by atoms with E-state index in [2.05, 4.69) is 25.5 Å². The zero-order valence-electron chi connectivity index (χ0n) is 15.9. The highest BCUT2D eigenvalue weighted by atomic mass is 16.1. The molecule has 1 fully saturated rings. The van der Waals surface area contributed by atoms with Crippen LogP contribution in [0.4, 0.5) is 5.82 Å². The quantitative estimate of drug-likeness (QED) is 0.566. The number of anilines is 1. The van der Waals surface area contributed by atoms with Gasteiger partial charge in [-0.15, -0.1) is 0 Å². The lowest BCUT2D eigenvalue weighted by Gasteiger charge is -2.10. The second-order valence-corrected chi connectivity index (χ2v) is 7.37. The van der Waals surface area contributed by atoms with Crippen LogP contribution in [0.25, 0.3) is 11.0 Å². The van der Waals surface area contributed by atoms with Crippen molar-refractivity contribution in [1.29, 1.82) is 0 Å². The highest BCUT2D eigenvalue weighted by molar-refractivity contribution is 6.05. The summed E-state index contributed by atoms with van der Waals surface area (Å²) in [6.45, 7) is 0.617. The molecule has 0 radical (unpaired) electrons. The van der Waals surface area contributed by atoms with Crippen LogP contribution in [-0.2, 0) is 6.54 Å². The largest absolute Gasteiger partial charge is 0.305 e. The molecule has 0 saturated heterocycles. The van der Waals surface area contributed by atoms with E-state index in [0.29, 0.717) is 24.0 Å². The van der Waals surface area contributed by atoms with Gasteiger partial charge in [0.05, 0.1) is 24.3 Å². The summed E-state index contributed by atoms with van der Waals surface area (Å²) in [6, 6.07) is 7.91. The molecule has 146 valence electrons. The van der Waals surface area contributed by atoms with Crippen molar-refractivity contribution in [1.82, 2.24) is 29.5 Å². The number of hydrogen-bond acceptors (Lipinski definition) is 5. The maximum Gasteiger partial charge on any atom is 0.258 e. The van der Waals surface area contributed by atoms with Crippen LogP contribution in [0.1, 0.15) is 47.6 Å². The molecule has 1 aliphatic carbocycles. The number of carbonyl (C=O) groups is 1. The van der Waals surface area contributed by atoms with Crippen molar-refractivity contribution >= 4 is 22.8 Å². The summed E-state index contributed by atoms with van der Waals surface area (Å²) in [5, 5.41) is 12.6. The molecular weight excluding hydrogens is 366 g/mol. The first-order valence-electron chi connectivity index (χ1n) is 9.83. The molecule has 0 aliphatic heterocycles. The molecule has 1 amide bonds. The lowest BCUT2D eigenvalue weighted by molar-refractivity contribution is 0.102. The Morgan fingerprint density at radius 2 is 1.97 bits per heavy atom. The molecule has 0 aromatic carbocycles. The number of fused-ring (bicyclic) bond motifs is 1. The minimum absolute atomic E-state index is 0.234. The van der Waals surface area contributed by atoms with Crippen LogP contribution in [0.15, 0.2) is 55.2 Å². The number of pyridine rings is 2. The Morgan fingerprint density at radius 3 is 2.79 bits per heavy atom. The van der Waals surface area contributed by atoms with E-state index in [9.17, 15) is 4.79 Å². The van der Waals surface area contributed by atoms with Gasteiger partial charge in [-0.3, -0.25) is 14.5 Å². The molecule has 4 heterocycles. The van der Waals surface area contributed by atoms with Gasteiger partial charge in [-0.1, -0.05) is 12.8 Å². The lowest BCUT2D eigenvalue weighted by Crippen LogP contribution is -2.13. The fourth-order valence-corrected chi connectivity index (χ4v) is 3.86. The number of rotatable bonds is 5. The first kappa shape index (κ1) is 17.5. The molecule has 8 heteroatoms. The van der Waals surface area contributed by atoms with Crippen LogP contribution in [0.3, 0.4) is 0 Å². The number of nitrogens with one attached hydrogen (secondary N) is 1. The molecule has 5 rings (SSSR count). The molecule has 4 aromatic rings. The molecule has 1 aliphatic rings.